The minimum Gasteiger partial charge on any atom is -0.246 e. The van der Waals surface area contributed by atoms with Crippen molar-refractivity contribution in [3.8, 4) is 0 Å². The summed E-state index contributed by atoms with van der Waals surface area (Å²) in [5, 5.41) is 0.188. The number of aromatic nitrogens is 2. The van der Waals surface area contributed by atoms with E-state index < -0.39 is 10.0 Å². The predicted octanol–water partition coefficient (Wildman–Crippen LogP) is 3.06. The van der Waals surface area contributed by atoms with Crippen LogP contribution in [-0.2, 0) is 10.0 Å². The molecule has 0 radical (unpaired) electrons. The van der Waals surface area contributed by atoms with Gasteiger partial charge < -0.3 is 0 Å². The zero-order valence-corrected chi connectivity index (χ0v) is 13.0. The van der Waals surface area contributed by atoms with Gasteiger partial charge in [0.2, 0.25) is 5.95 Å². The van der Waals surface area contributed by atoms with E-state index >= 15 is 0 Å². The number of halogens is 2. The number of nitrogens with zero attached hydrogens (tertiary/aromatic N) is 2. The molecule has 5 nitrogen and oxygen atoms in total. The van der Waals surface area contributed by atoms with Gasteiger partial charge >= 0.3 is 0 Å². The third-order valence-corrected chi connectivity index (χ3v) is 5.50. The lowest BCUT2D eigenvalue weighted by Gasteiger charge is -2.05. The normalized spacial score (nSPS) is 11.5. The third-order valence-electron chi connectivity index (χ3n) is 1.86. The van der Waals surface area contributed by atoms with Gasteiger partial charge in [0.1, 0.15) is 9.36 Å². The Balaban J connectivity index is 2.33. The molecule has 0 saturated carbocycles. The van der Waals surface area contributed by atoms with Crippen molar-refractivity contribution in [2.45, 2.75) is 11.1 Å². The van der Waals surface area contributed by atoms with Crippen molar-refractivity contribution in [2.75, 3.05) is 4.72 Å². The van der Waals surface area contributed by atoms with Crippen molar-refractivity contribution >= 4 is 54.8 Å². The minimum absolute atomic E-state index is 0.0375. The molecule has 0 saturated heterocycles. The largest absolute Gasteiger partial charge is 0.273 e. The first-order valence-electron chi connectivity index (χ1n) is 4.66. The Morgan fingerprint density at radius 1 is 1.39 bits per heavy atom. The van der Waals surface area contributed by atoms with Crippen LogP contribution < -0.4 is 4.72 Å². The van der Waals surface area contributed by atoms with Crippen LogP contribution in [0.25, 0.3) is 0 Å². The maximum atomic E-state index is 12.0. The fraction of sp³-hybridized carbons (Fsp3) is 0.111. The molecule has 2 heterocycles. The molecular formula is C9H7BrClN3O2S2. The molecule has 0 amide bonds. The topological polar surface area (TPSA) is 72.0 Å². The zero-order valence-electron chi connectivity index (χ0n) is 9.02. The van der Waals surface area contributed by atoms with Gasteiger partial charge in [-0.3, -0.25) is 0 Å². The molecule has 18 heavy (non-hydrogen) atoms. The number of sulfonamides is 1. The zero-order chi connectivity index (χ0) is 13.3. The smallest absolute Gasteiger partial charge is 0.246 e. The summed E-state index contributed by atoms with van der Waals surface area (Å²) in [7, 11) is -3.67. The molecule has 0 aliphatic rings. The fourth-order valence-electron chi connectivity index (χ4n) is 1.19. The Morgan fingerprint density at radius 2 is 2.11 bits per heavy atom. The van der Waals surface area contributed by atoms with E-state index in [1.54, 1.807) is 19.1 Å². The van der Waals surface area contributed by atoms with Crippen LogP contribution in [-0.4, -0.2) is 18.4 Å². The van der Waals surface area contributed by atoms with Gasteiger partial charge in [-0.05, 0) is 41.1 Å². The number of rotatable bonds is 3. The van der Waals surface area contributed by atoms with Gasteiger partial charge in [0.05, 0.1) is 3.79 Å². The van der Waals surface area contributed by atoms with E-state index in [0.717, 1.165) is 15.1 Å². The quantitative estimate of drug-likeness (QED) is 0.845. The van der Waals surface area contributed by atoms with Gasteiger partial charge in [-0.2, -0.15) is 0 Å². The fourth-order valence-corrected chi connectivity index (χ4v) is 4.38. The lowest BCUT2D eigenvalue weighted by atomic mass is 10.5. The van der Waals surface area contributed by atoms with Crippen LogP contribution in [0, 0.1) is 6.92 Å². The van der Waals surface area contributed by atoms with Crippen LogP contribution in [0.15, 0.2) is 26.2 Å². The van der Waals surface area contributed by atoms with Gasteiger partial charge in [-0.1, -0.05) is 11.6 Å². The monoisotopic (exact) mass is 367 g/mol. The molecule has 0 aliphatic carbocycles. The molecule has 2 rings (SSSR count). The van der Waals surface area contributed by atoms with Crippen LogP contribution in [0.3, 0.4) is 0 Å². The van der Waals surface area contributed by atoms with Gasteiger partial charge in [0.25, 0.3) is 10.0 Å². The maximum absolute atomic E-state index is 12.0. The molecule has 0 unspecified atom stereocenters. The first kappa shape index (κ1) is 13.7. The van der Waals surface area contributed by atoms with E-state index in [-0.39, 0.29) is 15.3 Å². The highest BCUT2D eigenvalue weighted by molar-refractivity contribution is 9.11. The average molecular weight is 369 g/mol. The van der Waals surface area contributed by atoms with Crippen LogP contribution in [0.4, 0.5) is 5.95 Å². The molecule has 9 heteroatoms. The Morgan fingerprint density at radius 3 is 2.67 bits per heavy atom. The summed E-state index contributed by atoms with van der Waals surface area (Å²) in [6, 6.07) is 4.69. The number of hydrogen-bond donors (Lipinski definition) is 1. The number of hydrogen-bond acceptors (Lipinski definition) is 5. The first-order chi connectivity index (χ1) is 8.37. The Labute approximate surface area is 121 Å². The second-order valence-corrected chi connectivity index (χ2v) is 8.08. The van der Waals surface area contributed by atoms with Crippen LogP contribution in [0.1, 0.15) is 5.69 Å². The molecule has 1 N–H and O–H groups in total. The summed E-state index contributed by atoms with van der Waals surface area (Å²) in [5.74, 6) is -0.0375. The minimum atomic E-state index is -3.67. The van der Waals surface area contributed by atoms with Crippen molar-refractivity contribution in [1.29, 1.82) is 0 Å². The number of thiophene rings is 1. The van der Waals surface area contributed by atoms with E-state index in [1.807, 2.05) is 0 Å². The second-order valence-electron chi connectivity index (χ2n) is 3.32. The Bertz CT molecular complexity index is 667. The van der Waals surface area contributed by atoms with Gasteiger partial charge in [-0.25, -0.2) is 23.1 Å². The number of anilines is 1. The molecule has 2 aromatic heterocycles. The molecule has 2 aromatic rings. The Kier molecular flexibility index (Phi) is 3.90. The second kappa shape index (κ2) is 5.12. The van der Waals surface area contributed by atoms with E-state index in [0.29, 0.717) is 5.69 Å². The lowest BCUT2D eigenvalue weighted by Crippen LogP contribution is -2.14. The lowest BCUT2D eigenvalue weighted by molar-refractivity contribution is 0.602. The molecule has 0 aliphatic heterocycles. The van der Waals surface area contributed by atoms with Gasteiger partial charge in [0.15, 0.2) is 0 Å². The standard InChI is InChI=1S/C9H7BrClN3O2S2/c1-5-4-7(11)13-9(12-5)14-18(15,16)8-3-2-6(10)17-8/h2-4H,1H3,(H,12,13,14). The summed E-state index contributed by atoms with van der Waals surface area (Å²) in [4.78, 5) is 7.77. The third kappa shape index (κ3) is 3.19. The van der Waals surface area contributed by atoms with Crippen LogP contribution in [0.5, 0.6) is 0 Å². The molecule has 0 fully saturated rings. The van der Waals surface area contributed by atoms with Crippen molar-refractivity contribution in [1.82, 2.24) is 9.97 Å². The van der Waals surface area contributed by atoms with Gasteiger partial charge in [0, 0.05) is 5.69 Å². The van der Waals surface area contributed by atoms with Crippen LogP contribution in [0.2, 0.25) is 5.15 Å². The van der Waals surface area contributed by atoms with Crippen LogP contribution >= 0.6 is 38.9 Å². The number of aryl methyl sites for hydroxylation is 1. The van der Waals surface area contributed by atoms with E-state index in [9.17, 15) is 8.42 Å². The summed E-state index contributed by atoms with van der Waals surface area (Å²) in [6.07, 6.45) is 0. The Hall–Kier alpha value is -0.700. The van der Waals surface area contributed by atoms with Crippen molar-refractivity contribution < 1.29 is 8.42 Å². The van der Waals surface area contributed by atoms with E-state index in [4.69, 9.17) is 11.6 Å². The van der Waals surface area contributed by atoms with E-state index in [2.05, 4.69) is 30.6 Å². The molecule has 0 bridgehead atoms. The van der Waals surface area contributed by atoms with Crippen molar-refractivity contribution in [3.05, 3.63) is 32.8 Å². The molecule has 0 spiro atoms. The summed E-state index contributed by atoms with van der Waals surface area (Å²) >= 11 is 10.0. The predicted molar refractivity (Wildman–Crippen MR) is 74.6 cm³/mol. The summed E-state index contributed by atoms with van der Waals surface area (Å²) in [5.41, 5.74) is 0.583. The SMILES string of the molecule is Cc1cc(Cl)nc(NS(=O)(=O)c2ccc(Br)s2)n1. The van der Waals surface area contributed by atoms with E-state index in [1.165, 1.54) is 6.07 Å². The first-order valence-corrected chi connectivity index (χ1v) is 8.13. The molecule has 96 valence electrons. The summed E-state index contributed by atoms with van der Waals surface area (Å²) in [6.45, 7) is 1.70. The average Bonchev–Trinajstić information content (AvgIpc) is 2.62. The highest BCUT2D eigenvalue weighted by Crippen LogP contribution is 2.27. The highest BCUT2D eigenvalue weighted by atomic mass is 79.9. The molecule has 0 aromatic carbocycles. The van der Waals surface area contributed by atoms with Crippen molar-refractivity contribution in [3.63, 3.8) is 0 Å². The molecule has 0 atom stereocenters. The van der Waals surface area contributed by atoms with Crippen molar-refractivity contribution in [2.24, 2.45) is 0 Å². The molecular weight excluding hydrogens is 362 g/mol. The maximum Gasteiger partial charge on any atom is 0.273 e. The van der Waals surface area contributed by atoms with Gasteiger partial charge in [-0.15, -0.1) is 11.3 Å². The highest BCUT2D eigenvalue weighted by Gasteiger charge is 2.18. The summed E-state index contributed by atoms with van der Waals surface area (Å²) < 4.78 is 27.2. The number of nitrogens with one attached hydrogen (secondary N) is 1.